The Kier molecular flexibility index (Phi) is 4.93. The molecule has 0 radical (unpaired) electrons. The number of aromatic hydroxyl groups is 2. The van der Waals surface area contributed by atoms with Crippen LogP contribution in [0.1, 0.15) is 32.1 Å². The van der Waals surface area contributed by atoms with Crippen LogP contribution in [-0.4, -0.2) is 50.4 Å². The van der Waals surface area contributed by atoms with Crippen LogP contribution in [0.5, 0.6) is 11.8 Å². The molecule has 2 amide bonds. The molecule has 11 nitrogen and oxygen atoms in total. The van der Waals surface area contributed by atoms with Crippen molar-refractivity contribution < 1.29 is 42.3 Å². The fraction of sp³-hybridized carbons (Fsp3) is 0.438. The number of carbonyl (C=O) groups excluding carboxylic acids is 3. The maximum atomic E-state index is 12.7. The number of hydrogen-bond donors (Lipinski definition) is 3. The average molecular weight is 414 g/mol. The Morgan fingerprint density at radius 2 is 1.54 bits per heavy atom. The van der Waals surface area contributed by atoms with Crippen LogP contribution in [0.3, 0.4) is 0 Å². The fourth-order valence-corrected chi connectivity index (χ4v) is 4.43. The van der Waals surface area contributed by atoms with Gasteiger partial charge in [-0.25, -0.2) is 4.57 Å². The van der Waals surface area contributed by atoms with Gasteiger partial charge in [0.25, 0.3) is 11.8 Å². The van der Waals surface area contributed by atoms with Crippen LogP contribution in [0.4, 0.5) is 0 Å². The standard InChI is InChI=1S/C16H18N2O9S/c19-11-6-7-12(20)17(11)16(28(24,25)26,18-13(21)8-9-14(18)22)27-15(23)10-4-2-1-3-5-10/h6-10,19-20H,1-5H2,(H,24,25,26). The molecule has 3 N–H and O–H groups in total. The summed E-state index contributed by atoms with van der Waals surface area (Å²) >= 11 is 0. The molecule has 1 atom stereocenters. The van der Waals surface area contributed by atoms with Crippen LogP contribution in [0, 0.1) is 5.92 Å². The second-order valence-corrected chi connectivity index (χ2v) is 7.99. The molecule has 1 aliphatic carbocycles. The number of imide groups is 1. The van der Waals surface area contributed by atoms with Crippen molar-refractivity contribution in [2.45, 2.75) is 37.3 Å². The summed E-state index contributed by atoms with van der Waals surface area (Å²) < 4.78 is 40.0. The summed E-state index contributed by atoms with van der Waals surface area (Å²) in [6.45, 7) is 0. The molecule has 1 saturated carbocycles. The monoisotopic (exact) mass is 414 g/mol. The molecule has 1 unspecified atom stereocenters. The Hall–Kier alpha value is -2.86. The molecule has 28 heavy (non-hydrogen) atoms. The maximum Gasteiger partial charge on any atom is 0.417 e. The van der Waals surface area contributed by atoms with Gasteiger partial charge in [0.2, 0.25) is 0 Å². The van der Waals surface area contributed by atoms with Gasteiger partial charge in [0.1, 0.15) is 0 Å². The van der Waals surface area contributed by atoms with Crippen molar-refractivity contribution in [3.63, 3.8) is 0 Å². The van der Waals surface area contributed by atoms with Crippen LogP contribution in [0.2, 0.25) is 0 Å². The van der Waals surface area contributed by atoms with Gasteiger partial charge in [-0.15, -0.1) is 0 Å². The van der Waals surface area contributed by atoms with Crippen molar-refractivity contribution in [1.29, 1.82) is 0 Å². The van der Waals surface area contributed by atoms with E-state index in [1.165, 1.54) is 0 Å². The third kappa shape index (κ3) is 3.03. The smallest absolute Gasteiger partial charge is 0.417 e. The third-order valence-corrected chi connectivity index (χ3v) is 5.84. The number of rotatable bonds is 5. The highest BCUT2D eigenvalue weighted by Crippen LogP contribution is 2.41. The number of amides is 2. The number of esters is 1. The first kappa shape index (κ1) is 19.9. The van der Waals surface area contributed by atoms with E-state index >= 15 is 0 Å². The predicted molar refractivity (Wildman–Crippen MR) is 90.9 cm³/mol. The summed E-state index contributed by atoms with van der Waals surface area (Å²) in [6.07, 6.45) is 4.40. The largest absolute Gasteiger partial charge is 0.494 e. The summed E-state index contributed by atoms with van der Waals surface area (Å²) in [5.74, 6) is -6.25. The molecular formula is C16H18N2O9S. The summed E-state index contributed by atoms with van der Waals surface area (Å²) in [4.78, 5) is 37.1. The molecule has 3 rings (SSSR count). The van der Waals surface area contributed by atoms with Crippen molar-refractivity contribution in [2.75, 3.05) is 0 Å². The van der Waals surface area contributed by atoms with Crippen molar-refractivity contribution in [3.8, 4) is 11.8 Å². The zero-order valence-corrected chi connectivity index (χ0v) is 15.3. The SMILES string of the molecule is O=C(OC(N1C(=O)C=CC1=O)(n1c(O)ccc1O)S(=O)(=O)O)C1CCCCC1. The zero-order valence-electron chi connectivity index (χ0n) is 14.5. The van der Waals surface area contributed by atoms with E-state index in [0.717, 1.165) is 18.6 Å². The number of aromatic nitrogens is 1. The molecular weight excluding hydrogens is 396 g/mol. The minimum atomic E-state index is -5.63. The first-order valence-corrected chi connectivity index (χ1v) is 9.90. The zero-order chi connectivity index (χ0) is 20.7. The number of nitrogens with zero attached hydrogens (tertiary/aromatic N) is 2. The molecule has 12 heteroatoms. The number of hydrogen-bond acceptors (Lipinski definition) is 8. The minimum absolute atomic E-state index is 0.0531. The van der Waals surface area contributed by atoms with E-state index in [9.17, 15) is 37.6 Å². The lowest BCUT2D eigenvalue weighted by Crippen LogP contribution is -2.61. The highest BCUT2D eigenvalue weighted by Gasteiger charge is 2.62. The summed E-state index contributed by atoms with van der Waals surface area (Å²) in [5.41, 5.74) is 0. The second-order valence-electron chi connectivity index (χ2n) is 6.51. The van der Waals surface area contributed by atoms with E-state index in [2.05, 4.69) is 0 Å². The van der Waals surface area contributed by atoms with Gasteiger partial charge >= 0.3 is 21.3 Å². The van der Waals surface area contributed by atoms with Crippen LogP contribution in [-0.2, 0) is 34.4 Å². The van der Waals surface area contributed by atoms with Gasteiger partial charge in [0.05, 0.1) is 5.92 Å². The van der Waals surface area contributed by atoms with Crippen LogP contribution >= 0.6 is 0 Å². The molecule has 0 aromatic carbocycles. The Morgan fingerprint density at radius 3 is 2.00 bits per heavy atom. The highest BCUT2D eigenvalue weighted by atomic mass is 32.2. The van der Waals surface area contributed by atoms with Gasteiger partial charge in [-0.05, 0) is 12.8 Å². The molecule has 1 fully saturated rings. The molecule has 0 bridgehead atoms. The van der Waals surface area contributed by atoms with Crippen LogP contribution in [0.15, 0.2) is 24.3 Å². The van der Waals surface area contributed by atoms with E-state index in [1.807, 2.05) is 0 Å². The lowest BCUT2D eigenvalue weighted by molar-refractivity contribution is -0.194. The van der Waals surface area contributed by atoms with Gasteiger partial charge in [0.15, 0.2) is 11.8 Å². The maximum absolute atomic E-state index is 12.7. The van der Waals surface area contributed by atoms with E-state index in [4.69, 9.17) is 4.74 Å². The lowest BCUT2D eigenvalue weighted by Gasteiger charge is -2.38. The quantitative estimate of drug-likeness (QED) is 0.351. The molecule has 2 heterocycles. The molecule has 0 saturated heterocycles. The molecule has 0 spiro atoms. The van der Waals surface area contributed by atoms with Crippen molar-refractivity contribution in [3.05, 3.63) is 24.3 Å². The van der Waals surface area contributed by atoms with Crippen molar-refractivity contribution in [1.82, 2.24) is 9.47 Å². The molecule has 1 aromatic rings. The van der Waals surface area contributed by atoms with E-state index < -0.39 is 50.8 Å². The van der Waals surface area contributed by atoms with Crippen molar-refractivity contribution >= 4 is 27.9 Å². The second kappa shape index (κ2) is 6.95. The first-order valence-electron chi connectivity index (χ1n) is 8.46. The van der Waals surface area contributed by atoms with Gasteiger partial charge in [-0.3, -0.25) is 18.9 Å². The summed E-state index contributed by atoms with van der Waals surface area (Å²) in [6, 6.07) is 1.67. The van der Waals surface area contributed by atoms with Gasteiger partial charge < -0.3 is 14.9 Å². The normalized spacial score (nSPS) is 20.4. The Morgan fingerprint density at radius 1 is 1.04 bits per heavy atom. The van der Waals surface area contributed by atoms with Gasteiger partial charge in [0, 0.05) is 24.3 Å². The highest BCUT2D eigenvalue weighted by molar-refractivity contribution is 7.86. The minimum Gasteiger partial charge on any atom is -0.494 e. The topological polar surface area (TPSA) is 163 Å². The number of ether oxygens (including phenoxy) is 1. The number of carbonyl (C=O) groups is 3. The van der Waals surface area contributed by atoms with Crippen LogP contribution in [0.25, 0.3) is 0 Å². The summed E-state index contributed by atoms with van der Waals surface area (Å²) in [7, 11) is -5.63. The van der Waals surface area contributed by atoms with Gasteiger partial charge in [-0.1, -0.05) is 19.3 Å². The Bertz CT molecular complexity index is 921. The molecule has 1 aliphatic heterocycles. The predicted octanol–water partition coefficient (Wildman–Crippen LogP) is 0.403. The fourth-order valence-electron chi connectivity index (χ4n) is 3.41. The van der Waals surface area contributed by atoms with E-state index in [1.54, 1.807) is 0 Å². The molecule has 2 aliphatic rings. The van der Waals surface area contributed by atoms with Gasteiger partial charge in [-0.2, -0.15) is 13.3 Å². The summed E-state index contributed by atoms with van der Waals surface area (Å²) in [5, 5.41) is 16.6. The Labute approximate surface area is 159 Å². The average Bonchev–Trinajstić information content (AvgIpc) is 3.14. The molecule has 152 valence electrons. The van der Waals surface area contributed by atoms with E-state index in [-0.39, 0.29) is 9.47 Å². The van der Waals surface area contributed by atoms with E-state index in [0.29, 0.717) is 37.8 Å². The third-order valence-electron chi connectivity index (χ3n) is 4.72. The first-order chi connectivity index (χ1) is 13.1. The van der Waals surface area contributed by atoms with Crippen molar-refractivity contribution in [2.24, 2.45) is 5.92 Å². The van der Waals surface area contributed by atoms with Crippen LogP contribution < -0.4 is 0 Å². The Balaban J connectivity index is 2.21. The lowest BCUT2D eigenvalue weighted by atomic mass is 9.89. The molecule has 1 aromatic heterocycles.